The molecule has 0 aliphatic heterocycles. The molecule has 0 radical (unpaired) electrons. The van der Waals surface area contributed by atoms with Crippen LogP contribution in [-0.4, -0.2) is 26.1 Å². The molecule has 0 rings (SSSR count). The summed E-state index contributed by atoms with van der Waals surface area (Å²) in [5.74, 6) is 0. The van der Waals surface area contributed by atoms with Gasteiger partial charge in [0.25, 0.3) is 0 Å². The molecule has 0 N–H and O–H groups in total. The van der Waals surface area contributed by atoms with Crippen molar-refractivity contribution in [2.45, 2.75) is 85.0 Å². The van der Waals surface area contributed by atoms with Crippen LogP contribution < -0.4 is 0 Å². The maximum atomic E-state index is 2.61. The Hall–Kier alpha value is -0.243. The largest absolute Gasteiger partial charge is 0.375 e. The van der Waals surface area contributed by atoms with Crippen LogP contribution in [0.2, 0.25) is 25.2 Å². The van der Waals surface area contributed by atoms with Gasteiger partial charge < -0.3 is 4.90 Å². The lowest BCUT2D eigenvalue weighted by atomic mass is 10.2. The Balaban J connectivity index is 4.44. The molecule has 0 bridgehead atoms. The molecule has 114 valence electrons. The summed E-state index contributed by atoms with van der Waals surface area (Å²) in [5, 5.41) is 0. The molecular formula is C17H37NSi. The average Bonchev–Trinajstić information content (AvgIpc) is 2.36. The summed E-state index contributed by atoms with van der Waals surface area (Å²) >= 11 is 0. The summed E-state index contributed by atoms with van der Waals surface area (Å²) in [6.07, 6.45) is 9.13. The molecule has 0 atom stereocenters. The Morgan fingerprint density at radius 1 is 0.947 bits per heavy atom. The highest BCUT2D eigenvalue weighted by atomic mass is 28.3. The van der Waals surface area contributed by atoms with E-state index in [1.54, 1.807) is 0 Å². The minimum absolute atomic E-state index is 0.978. The molecule has 0 unspecified atom stereocenters. The van der Waals surface area contributed by atoms with Gasteiger partial charge in [0, 0.05) is 18.8 Å². The Morgan fingerprint density at radius 2 is 1.47 bits per heavy atom. The van der Waals surface area contributed by atoms with Crippen molar-refractivity contribution in [2.75, 3.05) is 13.1 Å². The monoisotopic (exact) mass is 283 g/mol. The van der Waals surface area contributed by atoms with Gasteiger partial charge in [-0.15, -0.1) is 0 Å². The van der Waals surface area contributed by atoms with Crippen LogP contribution in [0.5, 0.6) is 0 Å². The van der Waals surface area contributed by atoms with Crippen molar-refractivity contribution >= 4 is 8.07 Å². The summed E-state index contributed by atoms with van der Waals surface area (Å²) in [4.78, 5) is 2.61. The Morgan fingerprint density at radius 3 is 1.89 bits per heavy atom. The van der Waals surface area contributed by atoms with E-state index in [0.717, 1.165) is 0 Å². The van der Waals surface area contributed by atoms with Gasteiger partial charge in [0.2, 0.25) is 0 Å². The minimum Gasteiger partial charge on any atom is -0.375 e. The lowest BCUT2D eigenvalue weighted by molar-refractivity contribution is 0.331. The van der Waals surface area contributed by atoms with Gasteiger partial charge in [-0.2, -0.15) is 0 Å². The molecule has 0 spiro atoms. The Bertz CT molecular complexity index is 238. The maximum absolute atomic E-state index is 2.61. The first-order valence-electron chi connectivity index (χ1n) is 8.38. The third kappa shape index (κ3) is 9.31. The molecule has 0 aromatic carbocycles. The predicted molar refractivity (Wildman–Crippen MR) is 92.5 cm³/mol. The molecule has 2 heteroatoms. The second-order valence-electron chi connectivity index (χ2n) is 6.66. The molecule has 19 heavy (non-hydrogen) atoms. The first kappa shape index (κ1) is 18.8. The van der Waals surface area contributed by atoms with Crippen molar-refractivity contribution in [3.63, 3.8) is 0 Å². The number of allylic oxidation sites excluding steroid dienone is 2. The molecule has 0 fully saturated rings. The lowest BCUT2D eigenvalue weighted by Gasteiger charge is -2.27. The fourth-order valence-corrected chi connectivity index (χ4v) is 4.90. The molecule has 1 nitrogen and oxygen atoms in total. The Kier molecular flexibility index (Phi) is 10.4. The summed E-state index contributed by atoms with van der Waals surface area (Å²) in [6.45, 7) is 16.8. The van der Waals surface area contributed by atoms with Crippen LogP contribution in [0.25, 0.3) is 0 Å². The summed E-state index contributed by atoms with van der Waals surface area (Å²) in [5.41, 5.74) is 1.53. The second-order valence-corrected chi connectivity index (χ2v) is 11.9. The van der Waals surface area contributed by atoms with Crippen molar-refractivity contribution < 1.29 is 0 Å². The highest BCUT2D eigenvalue weighted by Gasteiger charge is 2.18. The van der Waals surface area contributed by atoms with Gasteiger partial charge in [-0.05, 0) is 25.8 Å². The number of nitrogens with zero attached hydrogens (tertiary/aromatic N) is 1. The number of hydrogen-bond acceptors (Lipinski definition) is 1. The van der Waals surface area contributed by atoms with E-state index >= 15 is 0 Å². The first-order chi connectivity index (χ1) is 8.96. The third-order valence-electron chi connectivity index (χ3n) is 3.94. The van der Waals surface area contributed by atoms with Crippen molar-refractivity contribution in [1.29, 1.82) is 0 Å². The van der Waals surface area contributed by atoms with Crippen LogP contribution in [-0.2, 0) is 0 Å². The van der Waals surface area contributed by atoms with E-state index in [1.165, 1.54) is 63.0 Å². The molecule has 0 saturated heterocycles. The van der Waals surface area contributed by atoms with Gasteiger partial charge >= 0.3 is 0 Å². The van der Waals surface area contributed by atoms with Crippen LogP contribution in [0.4, 0.5) is 0 Å². The second kappa shape index (κ2) is 10.5. The van der Waals surface area contributed by atoms with Crippen LogP contribution in [0, 0.1) is 0 Å². The first-order valence-corrected chi connectivity index (χ1v) is 11.8. The maximum Gasteiger partial charge on any atom is 0.0511 e. The quantitative estimate of drug-likeness (QED) is 0.426. The van der Waals surface area contributed by atoms with Crippen LogP contribution in [0.1, 0.15) is 59.8 Å². The zero-order valence-corrected chi connectivity index (χ0v) is 15.4. The van der Waals surface area contributed by atoms with Crippen molar-refractivity contribution in [2.24, 2.45) is 0 Å². The van der Waals surface area contributed by atoms with Gasteiger partial charge in [-0.3, -0.25) is 0 Å². The molecule has 0 amide bonds. The van der Waals surface area contributed by atoms with Crippen LogP contribution >= 0.6 is 0 Å². The normalized spacial score (nSPS) is 12.8. The lowest BCUT2D eigenvalue weighted by Crippen LogP contribution is -2.27. The molecular weight excluding hydrogens is 246 g/mol. The molecule has 0 heterocycles. The van der Waals surface area contributed by atoms with E-state index in [9.17, 15) is 0 Å². The summed E-state index contributed by atoms with van der Waals surface area (Å²) in [6, 6.07) is 2.81. The van der Waals surface area contributed by atoms with Crippen molar-refractivity contribution in [3.05, 3.63) is 11.8 Å². The zero-order chi connectivity index (χ0) is 14.7. The summed E-state index contributed by atoms with van der Waals surface area (Å²) < 4.78 is 0. The fraction of sp³-hybridized carbons (Fsp3) is 0.882. The molecule has 0 aliphatic rings. The Labute approximate surface area is 123 Å². The van der Waals surface area contributed by atoms with E-state index in [4.69, 9.17) is 0 Å². The minimum atomic E-state index is -0.978. The molecule has 0 aromatic heterocycles. The third-order valence-corrected chi connectivity index (χ3v) is 7.10. The van der Waals surface area contributed by atoms with Gasteiger partial charge in [0.1, 0.15) is 0 Å². The van der Waals surface area contributed by atoms with Crippen molar-refractivity contribution in [3.8, 4) is 0 Å². The topological polar surface area (TPSA) is 3.24 Å². The average molecular weight is 284 g/mol. The molecule has 0 aromatic rings. The van der Waals surface area contributed by atoms with Gasteiger partial charge in [0.15, 0.2) is 0 Å². The molecule has 0 saturated carbocycles. The standard InChI is InChI=1S/C17H37NSi/c1-7-10-13-18(14-11-8-2)17(4)12-16-19(5,6)15-9-3/h12H,7-11,13-16H2,1-6H3. The van der Waals surface area contributed by atoms with E-state index in [0.29, 0.717) is 0 Å². The number of hydrogen-bond donors (Lipinski definition) is 0. The van der Waals surface area contributed by atoms with E-state index in [2.05, 4.69) is 51.8 Å². The smallest absolute Gasteiger partial charge is 0.0511 e. The zero-order valence-electron chi connectivity index (χ0n) is 14.4. The highest BCUT2D eigenvalue weighted by Crippen LogP contribution is 2.20. The van der Waals surface area contributed by atoms with Gasteiger partial charge in [-0.25, -0.2) is 0 Å². The van der Waals surface area contributed by atoms with Gasteiger partial charge in [0.05, 0.1) is 8.07 Å². The van der Waals surface area contributed by atoms with Crippen molar-refractivity contribution in [1.82, 2.24) is 4.90 Å². The van der Waals surface area contributed by atoms with E-state index in [-0.39, 0.29) is 0 Å². The van der Waals surface area contributed by atoms with Crippen LogP contribution in [0.15, 0.2) is 11.8 Å². The molecule has 0 aliphatic carbocycles. The summed E-state index contributed by atoms with van der Waals surface area (Å²) in [7, 11) is -0.978. The number of unbranched alkanes of at least 4 members (excludes halogenated alkanes) is 2. The van der Waals surface area contributed by atoms with Gasteiger partial charge in [-0.1, -0.05) is 65.2 Å². The van der Waals surface area contributed by atoms with E-state index < -0.39 is 8.07 Å². The van der Waals surface area contributed by atoms with Crippen LogP contribution in [0.3, 0.4) is 0 Å². The predicted octanol–water partition coefficient (Wildman–Crippen LogP) is 5.91. The SMILES string of the molecule is CCCCN(CCCC)C(C)=CC[Si](C)(C)CCC. The highest BCUT2D eigenvalue weighted by molar-refractivity contribution is 6.77. The number of rotatable bonds is 11. The van der Waals surface area contributed by atoms with E-state index in [1.807, 2.05) is 0 Å². The fourth-order valence-electron chi connectivity index (χ4n) is 2.49.